The average molecular weight is 538 g/mol. The van der Waals surface area contributed by atoms with Gasteiger partial charge in [-0.2, -0.15) is 0 Å². The van der Waals surface area contributed by atoms with Gasteiger partial charge in [-0.3, -0.25) is 9.98 Å². The van der Waals surface area contributed by atoms with Crippen LogP contribution in [-0.4, -0.2) is 45.3 Å². The number of hydrogen-bond acceptors (Lipinski definition) is 4. The number of rotatable bonds is 8. The van der Waals surface area contributed by atoms with E-state index in [1.807, 2.05) is 37.5 Å². The first-order chi connectivity index (χ1) is 14.7. The van der Waals surface area contributed by atoms with Crippen molar-refractivity contribution in [3.05, 3.63) is 53.9 Å². The molecule has 2 N–H and O–H groups in total. The quantitative estimate of drug-likeness (QED) is 0.298. The summed E-state index contributed by atoms with van der Waals surface area (Å²) < 4.78 is 11.0. The molecule has 0 saturated heterocycles. The Morgan fingerprint density at radius 1 is 1.03 bits per heavy atom. The highest BCUT2D eigenvalue weighted by Crippen LogP contribution is 2.42. The van der Waals surface area contributed by atoms with Crippen molar-refractivity contribution in [3.63, 3.8) is 0 Å². The standard InChI is InChI=1S/C24H34N4O2.HI/c1-25-23(27-16-12-20-9-5-8-15-26-20)28-18-24(13-6-4-7-14-24)19-10-11-21(29-2)22(17-19)30-3;/h5,8-11,15,17H,4,6-7,12-14,16,18H2,1-3H3,(H2,25,27,28);1H. The van der Waals surface area contributed by atoms with Crippen LogP contribution in [0.3, 0.4) is 0 Å². The third-order valence-electron chi connectivity index (χ3n) is 6.02. The molecule has 1 saturated carbocycles. The zero-order chi connectivity index (χ0) is 21.2. The summed E-state index contributed by atoms with van der Waals surface area (Å²) in [4.78, 5) is 8.80. The monoisotopic (exact) mass is 538 g/mol. The van der Waals surface area contributed by atoms with Gasteiger partial charge in [0.25, 0.3) is 0 Å². The molecule has 1 aromatic carbocycles. The maximum Gasteiger partial charge on any atom is 0.191 e. The summed E-state index contributed by atoms with van der Waals surface area (Å²) in [6.07, 6.45) is 8.77. The highest BCUT2D eigenvalue weighted by Gasteiger charge is 2.34. The summed E-state index contributed by atoms with van der Waals surface area (Å²) in [5.74, 6) is 2.39. The van der Waals surface area contributed by atoms with Gasteiger partial charge in [-0.05, 0) is 42.7 Å². The molecule has 0 aliphatic heterocycles. The van der Waals surface area contributed by atoms with E-state index in [1.54, 1.807) is 14.2 Å². The number of benzene rings is 1. The first kappa shape index (κ1) is 25.2. The number of nitrogens with one attached hydrogen (secondary N) is 2. The van der Waals surface area contributed by atoms with Crippen molar-refractivity contribution < 1.29 is 9.47 Å². The first-order valence-electron chi connectivity index (χ1n) is 10.8. The van der Waals surface area contributed by atoms with Gasteiger partial charge in [-0.25, -0.2) is 0 Å². The fraction of sp³-hybridized carbons (Fsp3) is 0.500. The lowest BCUT2D eigenvalue weighted by atomic mass is 9.69. The number of nitrogens with zero attached hydrogens (tertiary/aromatic N) is 2. The second-order valence-electron chi connectivity index (χ2n) is 7.83. The Morgan fingerprint density at radius 3 is 2.45 bits per heavy atom. The van der Waals surface area contributed by atoms with Gasteiger partial charge in [0.05, 0.1) is 14.2 Å². The van der Waals surface area contributed by atoms with Gasteiger partial charge in [0, 0.05) is 43.9 Å². The zero-order valence-corrected chi connectivity index (χ0v) is 21.1. The van der Waals surface area contributed by atoms with Crippen LogP contribution in [-0.2, 0) is 11.8 Å². The number of aromatic nitrogens is 1. The van der Waals surface area contributed by atoms with Crippen LogP contribution in [0.2, 0.25) is 0 Å². The summed E-state index contributed by atoms with van der Waals surface area (Å²) in [5.41, 5.74) is 2.45. The van der Waals surface area contributed by atoms with Crippen molar-refractivity contribution in [1.82, 2.24) is 15.6 Å². The van der Waals surface area contributed by atoms with Crippen molar-refractivity contribution in [2.24, 2.45) is 4.99 Å². The Morgan fingerprint density at radius 2 is 1.81 bits per heavy atom. The van der Waals surface area contributed by atoms with E-state index in [2.05, 4.69) is 32.7 Å². The molecule has 1 aliphatic rings. The van der Waals surface area contributed by atoms with Gasteiger partial charge in [-0.15, -0.1) is 24.0 Å². The Hall–Kier alpha value is -2.03. The topological polar surface area (TPSA) is 67.8 Å². The lowest BCUT2D eigenvalue weighted by molar-refractivity contribution is 0.288. The van der Waals surface area contributed by atoms with Gasteiger partial charge in [0.15, 0.2) is 17.5 Å². The van der Waals surface area contributed by atoms with E-state index in [4.69, 9.17) is 9.47 Å². The predicted octanol–water partition coefficient (Wildman–Crippen LogP) is 4.33. The van der Waals surface area contributed by atoms with E-state index in [1.165, 1.54) is 24.8 Å². The second kappa shape index (κ2) is 12.7. The number of guanidine groups is 1. The highest BCUT2D eigenvalue weighted by molar-refractivity contribution is 14.0. The minimum Gasteiger partial charge on any atom is -0.493 e. The maximum absolute atomic E-state index is 5.57. The third-order valence-corrected chi connectivity index (χ3v) is 6.02. The molecule has 0 unspecified atom stereocenters. The normalized spacial score (nSPS) is 15.5. The zero-order valence-electron chi connectivity index (χ0n) is 18.8. The molecule has 1 aromatic heterocycles. The summed E-state index contributed by atoms with van der Waals surface area (Å²) in [6, 6.07) is 12.4. The largest absolute Gasteiger partial charge is 0.493 e. The second-order valence-corrected chi connectivity index (χ2v) is 7.83. The number of ether oxygens (including phenoxy) is 2. The molecule has 170 valence electrons. The van der Waals surface area contributed by atoms with Crippen LogP contribution >= 0.6 is 24.0 Å². The SMILES string of the molecule is CN=C(NCCc1ccccn1)NCC1(c2ccc(OC)c(OC)c2)CCCCC1.I. The van der Waals surface area contributed by atoms with Crippen LogP contribution in [0.15, 0.2) is 47.6 Å². The Bertz CT molecular complexity index is 824. The van der Waals surface area contributed by atoms with Crippen LogP contribution < -0.4 is 20.1 Å². The molecule has 0 amide bonds. The van der Waals surface area contributed by atoms with E-state index < -0.39 is 0 Å². The lowest BCUT2D eigenvalue weighted by Gasteiger charge is -2.38. The molecule has 3 rings (SSSR count). The van der Waals surface area contributed by atoms with Gasteiger partial charge >= 0.3 is 0 Å². The molecule has 2 aromatic rings. The van der Waals surface area contributed by atoms with E-state index in [0.29, 0.717) is 0 Å². The van der Waals surface area contributed by atoms with Gasteiger partial charge in [0.1, 0.15) is 0 Å². The van der Waals surface area contributed by atoms with E-state index in [9.17, 15) is 0 Å². The molecule has 31 heavy (non-hydrogen) atoms. The smallest absolute Gasteiger partial charge is 0.191 e. The molecule has 6 nitrogen and oxygen atoms in total. The Labute approximate surface area is 203 Å². The Kier molecular flexibility index (Phi) is 10.4. The molecule has 7 heteroatoms. The summed E-state index contributed by atoms with van der Waals surface area (Å²) in [7, 11) is 5.19. The molecule has 0 bridgehead atoms. The minimum absolute atomic E-state index is 0. The number of methoxy groups -OCH3 is 2. The van der Waals surface area contributed by atoms with Gasteiger partial charge in [-0.1, -0.05) is 31.4 Å². The number of pyridine rings is 1. The number of aliphatic imine (C=N–C) groups is 1. The van der Waals surface area contributed by atoms with E-state index >= 15 is 0 Å². The van der Waals surface area contributed by atoms with E-state index in [-0.39, 0.29) is 29.4 Å². The molecular weight excluding hydrogens is 503 g/mol. The fourth-order valence-corrected chi connectivity index (χ4v) is 4.29. The first-order valence-corrected chi connectivity index (χ1v) is 10.8. The number of hydrogen-bond donors (Lipinski definition) is 2. The highest BCUT2D eigenvalue weighted by atomic mass is 127. The van der Waals surface area contributed by atoms with Crippen molar-refractivity contribution in [3.8, 4) is 11.5 Å². The number of halogens is 1. The Balaban J connectivity index is 0.00000341. The molecule has 1 heterocycles. The van der Waals surface area contributed by atoms with Crippen LogP contribution in [0, 0.1) is 0 Å². The van der Waals surface area contributed by atoms with Crippen LogP contribution in [0.5, 0.6) is 11.5 Å². The lowest BCUT2D eigenvalue weighted by Crippen LogP contribution is -2.47. The van der Waals surface area contributed by atoms with Crippen LogP contribution in [0.4, 0.5) is 0 Å². The van der Waals surface area contributed by atoms with E-state index in [0.717, 1.165) is 55.5 Å². The maximum atomic E-state index is 5.57. The molecule has 1 fully saturated rings. The van der Waals surface area contributed by atoms with Gasteiger partial charge in [0.2, 0.25) is 0 Å². The molecular formula is C24H35IN4O2. The molecule has 0 spiro atoms. The van der Waals surface area contributed by atoms with Crippen LogP contribution in [0.1, 0.15) is 43.4 Å². The van der Waals surface area contributed by atoms with Crippen molar-refractivity contribution >= 4 is 29.9 Å². The fourth-order valence-electron chi connectivity index (χ4n) is 4.29. The van der Waals surface area contributed by atoms with Crippen LogP contribution in [0.25, 0.3) is 0 Å². The predicted molar refractivity (Wildman–Crippen MR) is 137 cm³/mol. The van der Waals surface area contributed by atoms with Crippen molar-refractivity contribution in [2.45, 2.75) is 43.9 Å². The van der Waals surface area contributed by atoms with Gasteiger partial charge < -0.3 is 20.1 Å². The van der Waals surface area contributed by atoms with Crippen molar-refractivity contribution in [2.75, 3.05) is 34.4 Å². The average Bonchev–Trinajstić information content (AvgIpc) is 2.82. The van der Waals surface area contributed by atoms with Crippen molar-refractivity contribution in [1.29, 1.82) is 0 Å². The molecule has 0 radical (unpaired) electrons. The third kappa shape index (κ3) is 6.72. The summed E-state index contributed by atoms with van der Waals surface area (Å²) in [6.45, 7) is 1.63. The molecule has 1 aliphatic carbocycles. The molecule has 0 atom stereocenters. The summed E-state index contributed by atoms with van der Waals surface area (Å²) in [5, 5.41) is 7.00. The summed E-state index contributed by atoms with van der Waals surface area (Å²) >= 11 is 0. The minimum atomic E-state index is 0.